The summed E-state index contributed by atoms with van der Waals surface area (Å²) in [7, 11) is 0. The molecule has 0 spiro atoms. The number of carbonyl (C=O) groups excluding carboxylic acids is 2. The summed E-state index contributed by atoms with van der Waals surface area (Å²) in [6.07, 6.45) is 4.28. The Morgan fingerprint density at radius 3 is 2.39 bits per heavy atom. The van der Waals surface area contributed by atoms with Crippen LogP contribution in [0, 0.1) is 11.8 Å². The molecule has 1 aliphatic rings. The SMILES string of the molecule is CC1CCCCC1C(=O)OCCOC(=O)C(Br)Br. The first-order valence-electron chi connectivity index (χ1n) is 6.13. The van der Waals surface area contributed by atoms with E-state index in [9.17, 15) is 9.59 Å². The highest BCUT2D eigenvalue weighted by Crippen LogP contribution is 2.30. The zero-order valence-electron chi connectivity index (χ0n) is 10.4. The predicted molar refractivity (Wildman–Crippen MR) is 74.7 cm³/mol. The standard InChI is InChI=1S/C12H18Br2O4/c1-8-4-2-3-5-9(8)11(15)17-6-7-18-12(16)10(13)14/h8-10H,2-7H2,1H3. The van der Waals surface area contributed by atoms with Crippen molar-refractivity contribution in [1.29, 1.82) is 0 Å². The van der Waals surface area contributed by atoms with Crippen LogP contribution in [-0.4, -0.2) is 28.9 Å². The highest BCUT2D eigenvalue weighted by molar-refractivity contribution is 9.25. The van der Waals surface area contributed by atoms with Gasteiger partial charge in [-0.05, 0) is 18.8 Å². The Hall–Kier alpha value is -0.100. The van der Waals surface area contributed by atoms with Crippen LogP contribution in [0.1, 0.15) is 32.6 Å². The highest BCUT2D eigenvalue weighted by atomic mass is 79.9. The molecule has 1 saturated carbocycles. The summed E-state index contributed by atoms with van der Waals surface area (Å²) in [6.45, 7) is 2.31. The number of ether oxygens (including phenoxy) is 2. The van der Waals surface area contributed by atoms with E-state index in [1.165, 1.54) is 6.42 Å². The third-order valence-corrected chi connectivity index (χ3v) is 3.91. The first-order valence-corrected chi connectivity index (χ1v) is 7.97. The van der Waals surface area contributed by atoms with Crippen molar-refractivity contribution in [2.45, 2.75) is 36.3 Å². The minimum Gasteiger partial charge on any atom is -0.462 e. The number of halogens is 2. The fraction of sp³-hybridized carbons (Fsp3) is 0.833. The van der Waals surface area contributed by atoms with Gasteiger partial charge in [-0.2, -0.15) is 0 Å². The van der Waals surface area contributed by atoms with E-state index < -0.39 is 9.71 Å². The van der Waals surface area contributed by atoms with Gasteiger partial charge in [0.2, 0.25) is 0 Å². The molecule has 18 heavy (non-hydrogen) atoms. The molecule has 0 bridgehead atoms. The number of esters is 2. The summed E-state index contributed by atoms with van der Waals surface area (Å²) in [4.78, 5) is 22.9. The van der Waals surface area contributed by atoms with Gasteiger partial charge in [0, 0.05) is 0 Å². The first kappa shape index (κ1) is 16.0. The van der Waals surface area contributed by atoms with Crippen LogP contribution < -0.4 is 0 Å². The summed E-state index contributed by atoms with van der Waals surface area (Å²) in [5.41, 5.74) is 0. The molecule has 1 rings (SSSR count). The maximum Gasteiger partial charge on any atom is 0.330 e. The zero-order chi connectivity index (χ0) is 13.5. The summed E-state index contributed by atoms with van der Waals surface area (Å²) in [5, 5.41) is 0. The van der Waals surface area contributed by atoms with Crippen molar-refractivity contribution in [3.05, 3.63) is 0 Å². The number of carbonyl (C=O) groups is 2. The Kier molecular flexibility index (Phi) is 7.22. The highest BCUT2D eigenvalue weighted by Gasteiger charge is 2.28. The molecule has 1 aliphatic carbocycles. The second-order valence-electron chi connectivity index (χ2n) is 4.50. The van der Waals surface area contributed by atoms with Gasteiger partial charge in [0.05, 0.1) is 5.92 Å². The van der Waals surface area contributed by atoms with Gasteiger partial charge in [0.25, 0.3) is 0 Å². The lowest BCUT2D eigenvalue weighted by atomic mass is 9.80. The molecule has 6 heteroatoms. The van der Waals surface area contributed by atoms with Crippen LogP contribution in [0.25, 0.3) is 0 Å². The largest absolute Gasteiger partial charge is 0.462 e. The molecule has 2 atom stereocenters. The van der Waals surface area contributed by atoms with Crippen molar-refractivity contribution in [2.24, 2.45) is 11.8 Å². The number of hydrogen-bond donors (Lipinski definition) is 0. The van der Waals surface area contributed by atoms with Crippen LogP contribution in [0.4, 0.5) is 0 Å². The van der Waals surface area contributed by atoms with Crippen molar-refractivity contribution in [2.75, 3.05) is 13.2 Å². The average Bonchev–Trinajstić information content (AvgIpc) is 2.34. The predicted octanol–water partition coefficient (Wildman–Crippen LogP) is 3.02. The minimum absolute atomic E-state index is 0.00884. The van der Waals surface area contributed by atoms with Gasteiger partial charge in [-0.1, -0.05) is 51.6 Å². The topological polar surface area (TPSA) is 52.6 Å². The van der Waals surface area contributed by atoms with E-state index in [2.05, 4.69) is 38.8 Å². The summed E-state index contributed by atoms with van der Waals surface area (Å²) >= 11 is 6.05. The molecule has 1 fully saturated rings. The Bertz CT molecular complexity index is 294. The van der Waals surface area contributed by atoms with E-state index in [-0.39, 0.29) is 25.1 Å². The first-order chi connectivity index (χ1) is 8.52. The fourth-order valence-electron chi connectivity index (χ4n) is 2.12. The van der Waals surface area contributed by atoms with Crippen molar-refractivity contribution >= 4 is 43.8 Å². The van der Waals surface area contributed by atoms with Gasteiger partial charge in [0.1, 0.15) is 13.2 Å². The van der Waals surface area contributed by atoms with E-state index >= 15 is 0 Å². The molecule has 0 radical (unpaired) electrons. The lowest BCUT2D eigenvalue weighted by molar-refractivity contribution is -0.156. The molecule has 0 heterocycles. The smallest absolute Gasteiger partial charge is 0.330 e. The summed E-state index contributed by atoms with van der Waals surface area (Å²) in [6, 6.07) is 0. The molecular formula is C12H18Br2O4. The van der Waals surface area contributed by atoms with E-state index in [4.69, 9.17) is 9.47 Å². The second-order valence-corrected chi connectivity index (χ2v) is 7.56. The number of alkyl halides is 2. The van der Waals surface area contributed by atoms with Crippen LogP contribution in [0.5, 0.6) is 0 Å². The molecule has 0 aromatic rings. The zero-order valence-corrected chi connectivity index (χ0v) is 13.5. The Balaban J connectivity index is 2.18. The monoisotopic (exact) mass is 384 g/mol. The molecule has 0 aliphatic heterocycles. The molecule has 4 nitrogen and oxygen atoms in total. The van der Waals surface area contributed by atoms with Gasteiger partial charge in [0.15, 0.2) is 3.74 Å². The minimum atomic E-state index is -0.515. The van der Waals surface area contributed by atoms with Crippen molar-refractivity contribution in [1.82, 2.24) is 0 Å². The molecule has 104 valence electrons. The third kappa shape index (κ3) is 5.26. The van der Waals surface area contributed by atoms with E-state index in [0.717, 1.165) is 19.3 Å². The number of rotatable bonds is 5. The second kappa shape index (κ2) is 8.15. The average molecular weight is 386 g/mol. The Labute approximate surface area is 124 Å². The van der Waals surface area contributed by atoms with E-state index in [0.29, 0.717) is 5.92 Å². The van der Waals surface area contributed by atoms with Crippen LogP contribution in [0.3, 0.4) is 0 Å². The Morgan fingerprint density at radius 2 is 1.78 bits per heavy atom. The van der Waals surface area contributed by atoms with E-state index in [1.807, 2.05) is 0 Å². The maximum absolute atomic E-state index is 11.8. The fourth-order valence-corrected chi connectivity index (χ4v) is 2.39. The lowest BCUT2D eigenvalue weighted by Crippen LogP contribution is -2.28. The molecule has 0 N–H and O–H groups in total. The van der Waals surface area contributed by atoms with E-state index in [1.54, 1.807) is 0 Å². The number of hydrogen-bond acceptors (Lipinski definition) is 4. The van der Waals surface area contributed by atoms with Crippen LogP contribution in [0.2, 0.25) is 0 Å². The lowest BCUT2D eigenvalue weighted by Gasteiger charge is -2.26. The molecule has 0 saturated heterocycles. The van der Waals surface area contributed by atoms with Gasteiger partial charge >= 0.3 is 11.9 Å². The third-order valence-electron chi connectivity index (χ3n) is 3.16. The molecule has 2 unspecified atom stereocenters. The van der Waals surface area contributed by atoms with Crippen LogP contribution >= 0.6 is 31.9 Å². The van der Waals surface area contributed by atoms with Crippen LogP contribution in [0.15, 0.2) is 0 Å². The van der Waals surface area contributed by atoms with Gasteiger partial charge < -0.3 is 9.47 Å². The molecule has 0 aromatic carbocycles. The van der Waals surface area contributed by atoms with Gasteiger partial charge in [-0.3, -0.25) is 4.79 Å². The maximum atomic E-state index is 11.8. The van der Waals surface area contributed by atoms with Gasteiger partial charge in [-0.15, -0.1) is 0 Å². The molecule has 0 amide bonds. The van der Waals surface area contributed by atoms with Crippen LogP contribution in [-0.2, 0) is 19.1 Å². The normalized spacial score (nSPS) is 23.8. The summed E-state index contributed by atoms with van der Waals surface area (Å²) in [5.74, 6) is -0.178. The molecule has 0 aromatic heterocycles. The van der Waals surface area contributed by atoms with Crippen molar-refractivity contribution in [3.63, 3.8) is 0 Å². The Morgan fingerprint density at radius 1 is 1.17 bits per heavy atom. The quantitative estimate of drug-likeness (QED) is 0.414. The van der Waals surface area contributed by atoms with Gasteiger partial charge in [-0.25, -0.2) is 4.79 Å². The summed E-state index contributed by atoms with van der Waals surface area (Å²) < 4.78 is 9.48. The van der Waals surface area contributed by atoms with Crippen molar-refractivity contribution in [3.8, 4) is 0 Å². The molecular weight excluding hydrogens is 368 g/mol. The van der Waals surface area contributed by atoms with Crippen molar-refractivity contribution < 1.29 is 19.1 Å².